The van der Waals surface area contributed by atoms with Gasteiger partial charge >= 0.3 is 0 Å². The van der Waals surface area contributed by atoms with Gasteiger partial charge in [-0.2, -0.15) is 0 Å². The van der Waals surface area contributed by atoms with Gasteiger partial charge in [-0.05, 0) is 48.8 Å². The van der Waals surface area contributed by atoms with Crippen molar-refractivity contribution in [1.29, 1.82) is 0 Å². The van der Waals surface area contributed by atoms with Crippen molar-refractivity contribution in [2.24, 2.45) is 0 Å². The molecule has 0 saturated heterocycles. The van der Waals surface area contributed by atoms with Crippen LogP contribution >= 0.6 is 0 Å². The number of hydrogen-bond acceptors (Lipinski definition) is 2. The maximum Gasteiger partial charge on any atom is 0.266 e. The average molecular weight is 319 g/mol. The van der Waals surface area contributed by atoms with Crippen LogP contribution in [0.3, 0.4) is 0 Å². The molecule has 0 aliphatic heterocycles. The Morgan fingerprint density at radius 2 is 2.04 bits per heavy atom. The SMILES string of the molecule is CC1(c2[nH]c3cc(C4CC4)ccc3c2Cc2cncc(=O)[nH]2)CC1. The lowest BCUT2D eigenvalue weighted by Crippen LogP contribution is -2.10. The minimum absolute atomic E-state index is 0.137. The third-order valence-electron chi connectivity index (χ3n) is 5.66. The van der Waals surface area contributed by atoms with Gasteiger partial charge < -0.3 is 9.97 Å². The molecule has 0 radical (unpaired) electrons. The zero-order chi connectivity index (χ0) is 16.3. The summed E-state index contributed by atoms with van der Waals surface area (Å²) in [6.07, 6.45) is 8.90. The van der Waals surface area contributed by atoms with Crippen molar-refractivity contribution in [3.05, 3.63) is 63.5 Å². The molecule has 2 aromatic heterocycles. The fourth-order valence-corrected chi connectivity index (χ4v) is 3.78. The van der Waals surface area contributed by atoms with E-state index in [1.54, 1.807) is 6.20 Å². The van der Waals surface area contributed by atoms with Crippen LogP contribution in [0.2, 0.25) is 0 Å². The highest BCUT2D eigenvalue weighted by molar-refractivity contribution is 5.86. The molecule has 3 aromatic rings. The summed E-state index contributed by atoms with van der Waals surface area (Å²) in [4.78, 5) is 22.3. The van der Waals surface area contributed by atoms with Crippen LogP contribution in [-0.4, -0.2) is 15.0 Å². The second-order valence-electron chi connectivity index (χ2n) is 7.72. The molecule has 0 bridgehead atoms. The van der Waals surface area contributed by atoms with Gasteiger partial charge in [-0.25, -0.2) is 0 Å². The Morgan fingerprint density at radius 1 is 1.21 bits per heavy atom. The number of hydrogen-bond donors (Lipinski definition) is 2. The monoisotopic (exact) mass is 319 g/mol. The highest BCUT2D eigenvalue weighted by Gasteiger charge is 2.42. The van der Waals surface area contributed by atoms with E-state index < -0.39 is 0 Å². The lowest BCUT2D eigenvalue weighted by Gasteiger charge is -2.10. The fraction of sp³-hybridized carbons (Fsp3) is 0.400. The van der Waals surface area contributed by atoms with Crippen molar-refractivity contribution in [2.45, 2.75) is 50.4 Å². The van der Waals surface area contributed by atoms with E-state index in [0.717, 1.165) is 18.0 Å². The molecule has 4 nitrogen and oxygen atoms in total. The van der Waals surface area contributed by atoms with Crippen LogP contribution in [0.25, 0.3) is 10.9 Å². The average Bonchev–Trinajstić information content (AvgIpc) is 3.48. The lowest BCUT2D eigenvalue weighted by atomic mass is 9.96. The standard InChI is InChI=1S/C20H21N3O/c1-20(6-7-20)19-16(9-14-10-21-11-18(24)22-14)15-5-4-13(12-2-3-12)8-17(15)23-19/h4-5,8,10-12,23H,2-3,6-7,9H2,1H3,(H,22,24). The van der Waals surface area contributed by atoms with Crippen LogP contribution in [0, 0.1) is 0 Å². The van der Waals surface area contributed by atoms with E-state index in [1.807, 2.05) is 0 Å². The maximum absolute atomic E-state index is 11.6. The van der Waals surface area contributed by atoms with Crippen LogP contribution in [0.4, 0.5) is 0 Å². The molecule has 2 heterocycles. The van der Waals surface area contributed by atoms with E-state index in [2.05, 4.69) is 40.1 Å². The van der Waals surface area contributed by atoms with E-state index in [4.69, 9.17) is 0 Å². The first kappa shape index (κ1) is 14.0. The summed E-state index contributed by atoms with van der Waals surface area (Å²) in [5.74, 6) is 0.760. The molecule has 4 heteroatoms. The molecular formula is C20H21N3O. The van der Waals surface area contributed by atoms with Gasteiger partial charge in [0.25, 0.3) is 5.56 Å². The molecule has 5 rings (SSSR count). The van der Waals surface area contributed by atoms with Crippen molar-refractivity contribution in [1.82, 2.24) is 15.0 Å². The van der Waals surface area contributed by atoms with Crippen molar-refractivity contribution in [2.75, 3.05) is 0 Å². The number of aromatic amines is 2. The van der Waals surface area contributed by atoms with Gasteiger partial charge in [0.2, 0.25) is 0 Å². The fourth-order valence-electron chi connectivity index (χ4n) is 3.78. The molecule has 0 amide bonds. The van der Waals surface area contributed by atoms with Gasteiger partial charge in [0.1, 0.15) is 0 Å². The number of nitrogens with one attached hydrogen (secondary N) is 2. The Morgan fingerprint density at radius 3 is 2.75 bits per heavy atom. The summed E-state index contributed by atoms with van der Waals surface area (Å²) in [5, 5.41) is 1.28. The number of aromatic nitrogens is 3. The van der Waals surface area contributed by atoms with Crippen LogP contribution in [-0.2, 0) is 11.8 Å². The Hall–Kier alpha value is -2.36. The minimum atomic E-state index is -0.137. The molecule has 24 heavy (non-hydrogen) atoms. The molecule has 2 aliphatic rings. The highest BCUT2D eigenvalue weighted by Crippen LogP contribution is 2.50. The highest BCUT2D eigenvalue weighted by atomic mass is 16.1. The van der Waals surface area contributed by atoms with Crippen molar-refractivity contribution < 1.29 is 0 Å². The van der Waals surface area contributed by atoms with Gasteiger partial charge in [0, 0.05) is 40.3 Å². The quantitative estimate of drug-likeness (QED) is 0.769. The number of nitrogens with zero attached hydrogens (tertiary/aromatic N) is 1. The van der Waals surface area contributed by atoms with Gasteiger partial charge in [0.15, 0.2) is 0 Å². The summed E-state index contributed by atoms with van der Waals surface area (Å²) in [7, 11) is 0. The summed E-state index contributed by atoms with van der Waals surface area (Å²) in [6, 6.07) is 6.87. The number of fused-ring (bicyclic) bond motifs is 1. The Balaban J connectivity index is 1.65. The normalized spacial score (nSPS) is 18.9. The molecule has 1 aromatic carbocycles. The Labute approximate surface area is 140 Å². The van der Waals surface area contributed by atoms with E-state index in [1.165, 1.54) is 59.6 Å². The topological polar surface area (TPSA) is 61.5 Å². The second kappa shape index (κ2) is 4.82. The summed E-state index contributed by atoms with van der Waals surface area (Å²) in [5.41, 5.74) is 6.35. The molecule has 0 spiro atoms. The second-order valence-corrected chi connectivity index (χ2v) is 7.72. The maximum atomic E-state index is 11.6. The van der Waals surface area contributed by atoms with Gasteiger partial charge in [0.05, 0.1) is 6.20 Å². The predicted molar refractivity (Wildman–Crippen MR) is 94.5 cm³/mol. The summed E-state index contributed by atoms with van der Waals surface area (Å²) in [6.45, 7) is 2.33. The molecular weight excluding hydrogens is 298 g/mol. The smallest absolute Gasteiger partial charge is 0.266 e. The van der Waals surface area contributed by atoms with Crippen molar-refractivity contribution in [3.8, 4) is 0 Å². The molecule has 122 valence electrons. The summed E-state index contributed by atoms with van der Waals surface area (Å²) >= 11 is 0. The predicted octanol–water partition coefficient (Wildman–Crippen LogP) is 3.77. The first-order valence-electron chi connectivity index (χ1n) is 8.81. The van der Waals surface area contributed by atoms with Crippen LogP contribution in [0.1, 0.15) is 61.0 Å². The molecule has 0 unspecified atom stereocenters. The zero-order valence-electron chi connectivity index (χ0n) is 13.9. The molecule has 2 saturated carbocycles. The summed E-state index contributed by atoms with van der Waals surface area (Å²) < 4.78 is 0. The van der Waals surface area contributed by atoms with E-state index in [0.29, 0.717) is 0 Å². The molecule has 2 N–H and O–H groups in total. The third-order valence-corrected chi connectivity index (χ3v) is 5.66. The van der Waals surface area contributed by atoms with Gasteiger partial charge in [-0.15, -0.1) is 0 Å². The Bertz CT molecular complexity index is 990. The molecule has 2 fully saturated rings. The van der Waals surface area contributed by atoms with Crippen molar-refractivity contribution >= 4 is 10.9 Å². The van der Waals surface area contributed by atoms with Gasteiger partial charge in [-0.3, -0.25) is 9.78 Å². The molecule has 2 aliphatic carbocycles. The lowest BCUT2D eigenvalue weighted by molar-refractivity contribution is 0.747. The van der Waals surface area contributed by atoms with E-state index in [9.17, 15) is 4.79 Å². The van der Waals surface area contributed by atoms with Crippen LogP contribution in [0.5, 0.6) is 0 Å². The van der Waals surface area contributed by atoms with Crippen molar-refractivity contribution in [3.63, 3.8) is 0 Å². The molecule has 0 atom stereocenters. The van der Waals surface area contributed by atoms with E-state index >= 15 is 0 Å². The van der Waals surface area contributed by atoms with Crippen LogP contribution < -0.4 is 5.56 Å². The third kappa shape index (κ3) is 2.29. The number of rotatable bonds is 4. The largest absolute Gasteiger partial charge is 0.358 e. The number of H-pyrrole nitrogens is 2. The van der Waals surface area contributed by atoms with E-state index in [-0.39, 0.29) is 11.0 Å². The van der Waals surface area contributed by atoms with Gasteiger partial charge in [-0.1, -0.05) is 19.1 Å². The first-order valence-corrected chi connectivity index (χ1v) is 8.81. The zero-order valence-corrected chi connectivity index (χ0v) is 13.9. The first-order chi connectivity index (χ1) is 11.6. The van der Waals surface area contributed by atoms with Crippen LogP contribution in [0.15, 0.2) is 35.4 Å². The Kier molecular flexibility index (Phi) is 2.82. The minimum Gasteiger partial charge on any atom is -0.358 e. The number of benzene rings is 1.